The Morgan fingerprint density at radius 3 is 2.23 bits per heavy atom. The summed E-state index contributed by atoms with van der Waals surface area (Å²) in [6, 6.07) is 17.2. The molecule has 0 spiro atoms. The molecule has 40 heavy (non-hydrogen) atoms. The third-order valence-corrected chi connectivity index (χ3v) is 7.60. The summed E-state index contributed by atoms with van der Waals surface area (Å²) in [5.74, 6) is 0.392. The van der Waals surface area contributed by atoms with Gasteiger partial charge in [-0.3, -0.25) is 19.3 Å². The Balaban J connectivity index is 1.64. The maximum Gasteiger partial charge on any atom is 0.326 e. The number of carbonyl (C=O) groups is 3. The third-order valence-electron chi connectivity index (χ3n) is 6.42. The van der Waals surface area contributed by atoms with Gasteiger partial charge < -0.3 is 19.1 Å². The van der Waals surface area contributed by atoms with Crippen LogP contribution in [-0.4, -0.2) is 56.0 Å². The summed E-state index contributed by atoms with van der Waals surface area (Å²) in [7, 11) is 1.54. The van der Waals surface area contributed by atoms with Crippen LogP contribution in [0, 0.1) is 0 Å². The Morgan fingerprint density at radius 2 is 1.60 bits per heavy atom. The Hall–Kier alpha value is -3.37. The van der Waals surface area contributed by atoms with Gasteiger partial charge in [0.25, 0.3) is 11.8 Å². The summed E-state index contributed by atoms with van der Waals surface area (Å²) in [5, 5.41) is 0. The number of esters is 1. The molecule has 1 aliphatic heterocycles. The summed E-state index contributed by atoms with van der Waals surface area (Å²) in [6.45, 7) is 3.09. The van der Waals surface area contributed by atoms with Gasteiger partial charge in [-0.1, -0.05) is 18.2 Å². The van der Waals surface area contributed by atoms with Crippen molar-refractivity contribution in [3.63, 3.8) is 0 Å². The zero-order chi connectivity index (χ0) is 28.6. The highest BCUT2D eigenvalue weighted by Crippen LogP contribution is 2.41. The summed E-state index contributed by atoms with van der Waals surface area (Å²) >= 11 is 7.11. The quantitative estimate of drug-likeness (QED) is 0.231. The van der Waals surface area contributed by atoms with Crippen LogP contribution < -0.4 is 14.4 Å². The molecule has 2 amide bonds. The van der Waals surface area contributed by atoms with Crippen LogP contribution in [0.4, 0.5) is 5.69 Å². The summed E-state index contributed by atoms with van der Waals surface area (Å²) < 4.78 is 17.8. The Morgan fingerprint density at radius 1 is 0.925 bits per heavy atom. The van der Waals surface area contributed by atoms with Gasteiger partial charge in [0, 0.05) is 24.3 Å². The van der Waals surface area contributed by atoms with E-state index in [0.29, 0.717) is 43.0 Å². The summed E-state index contributed by atoms with van der Waals surface area (Å²) in [5.41, 5.74) is 1.33. The van der Waals surface area contributed by atoms with E-state index in [1.54, 1.807) is 61.5 Å². The van der Waals surface area contributed by atoms with Gasteiger partial charge in [0.1, 0.15) is 18.0 Å². The second kappa shape index (κ2) is 13.8. The molecule has 0 aliphatic carbocycles. The molecule has 1 saturated heterocycles. The first-order valence-electron chi connectivity index (χ1n) is 13.0. The first-order chi connectivity index (χ1) is 19.3. The molecule has 0 aromatic heterocycles. The number of benzene rings is 3. The molecule has 1 aliphatic rings. The van der Waals surface area contributed by atoms with Crippen molar-refractivity contribution >= 4 is 55.3 Å². The number of hydrogen-bond donors (Lipinski definition) is 0. The van der Waals surface area contributed by atoms with Crippen molar-refractivity contribution in [1.82, 2.24) is 4.90 Å². The predicted octanol–water partition coefficient (Wildman–Crippen LogP) is 6.85. The highest BCUT2D eigenvalue weighted by Gasteiger charge is 2.25. The smallest absolute Gasteiger partial charge is 0.326 e. The van der Waals surface area contributed by atoms with E-state index in [1.807, 2.05) is 11.0 Å². The molecule has 1 fully saturated rings. The van der Waals surface area contributed by atoms with Gasteiger partial charge in [-0.25, -0.2) is 0 Å². The van der Waals surface area contributed by atoms with Crippen LogP contribution in [0.15, 0.2) is 69.6 Å². The topological polar surface area (TPSA) is 85.4 Å². The first-order valence-corrected chi connectivity index (χ1v) is 14.6. The van der Waals surface area contributed by atoms with Crippen LogP contribution >= 0.6 is 31.9 Å². The van der Waals surface area contributed by atoms with E-state index in [9.17, 15) is 14.4 Å². The van der Waals surface area contributed by atoms with Gasteiger partial charge in [0.2, 0.25) is 0 Å². The van der Waals surface area contributed by atoms with Crippen LogP contribution in [0.25, 0.3) is 0 Å². The Kier molecular flexibility index (Phi) is 10.2. The number of likely N-dealkylation sites (tertiary alicyclic amines) is 1. The van der Waals surface area contributed by atoms with Gasteiger partial charge in [-0.2, -0.15) is 0 Å². The number of methoxy groups -OCH3 is 1. The van der Waals surface area contributed by atoms with E-state index < -0.39 is 5.97 Å². The lowest BCUT2D eigenvalue weighted by Gasteiger charge is -2.27. The van der Waals surface area contributed by atoms with Crippen molar-refractivity contribution in [2.45, 2.75) is 26.2 Å². The van der Waals surface area contributed by atoms with Gasteiger partial charge in [-0.15, -0.1) is 0 Å². The van der Waals surface area contributed by atoms with Gasteiger partial charge in [0.05, 0.1) is 28.2 Å². The molecular formula is C30H30Br2N2O6. The molecule has 3 aromatic carbocycles. The van der Waals surface area contributed by atoms with Crippen LogP contribution in [0.1, 0.15) is 46.9 Å². The van der Waals surface area contributed by atoms with Crippen LogP contribution in [0.3, 0.4) is 0 Å². The molecule has 4 rings (SSSR count). The minimum absolute atomic E-state index is 0.0930. The second-order valence-corrected chi connectivity index (χ2v) is 10.8. The van der Waals surface area contributed by atoms with Crippen molar-refractivity contribution in [2.24, 2.45) is 0 Å². The fourth-order valence-electron chi connectivity index (χ4n) is 4.46. The zero-order valence-corrected chi connectivity index (χ0v) is 25.5. The number of ether oxygens (including phenoxy) is 3. The molecule has 3 aromatic rings. The average Bonchev–Trinajstić information content (AvgIpc) is 2.98. The van der Waals surface area contributed by atoms with Crippen molar-refractivity contribution in [3.8, 4) is 17.2 Å². The molecule has 8 nitrogen and oxygen atoms in total. The lowest BCUT2D eigenvalue weighted by atomic mass is 10.1. The number of piperidine rings is 1. The number of nitrogens with zero attached hydrogens (tertiary/aromatic N) is 2. The van der Waals surface area contributed by atoms with Crippen molar-refractivity contribution < 1.29 is 28.6 Å². The molecule has 1 heterocycles. The number of amides is 2. The molecular weight excluding hydrogens is 644 g/mol. The molecule has 0 radical (unpaired) electrons. The van der Waals surface area contributed by atoms with E-state index in [-0.39, 0.29) is 25.0 Å². The van der Waals surface area contributed by atoms with E-state index in [2.05, 4.69) is 31.9 Å². The number of anilines is 1. The maximum absolute atomic E-state index is 13.4. The molecule has 0 N–H and O–H groups in total. The number of hydrogen-bond acceptors (Lipinski definition) is 6. The van der Waals surface area contributed by atoms with E-state index in [4.69, 9.17) is 14.2 Å². The normalized spacial score (nSPS) is 12.9. The minimum Gasteiger partial charge on any atom is -0.496 e. The van der Waals surface area contributed by atoms with Crippen LogP contribution in [0.2, 0.25) is 0 Å². The van der Waals surface area contributed by atoms with Crippen LogP contribution in [0.5, 0.6) is 17.2 Å². The van der Waals surface area contributed by atoms with E-state index in [0.717, 1.165) is 32.4 Å². The summed E-state index contributed by atoms with van der Waals surface area (Å²) in [6.07, 6.45) is 3.09. The molecule has 0 atom stereocenters. The SMILES string of the molecule is CCOC(=O)CN(C(=O)c1ccccc1)c1cc(Br)c(Oc2ccc(OC)c(C(=O)N3CCCCC3)c2)c(Br)c1. The second-order valence-electron chi connectivity index (χ2n) is 9.12. The highest BCUT2D eigenvalue weighted by molar-refractivity contribution is 9.11. The molecule has 10 heteroatoms. The molecule has 210 valence electrons. The predicted molar refractivity (Wildman–Crippen MR) is 159 cm³/mol. The van der Waals surface area contributed by atoms with Crippen molar-refractivity contribution in [3.05, 3.63) is 80.7 Å². The van der Waals surface area contributed by atoms with Gasteiger partial charge in [0.15, 0.2) is 5.75 Å². The van der Waals surface area contributed by atoms with Crippen molar-refractivity contribution in [2.75, 3.05) is 38.3 Å². The maximum atomic E-state index is 13.4. The van der Waals surface area contributed by atoms with E-state index >= 15 is 0 Å². The number of carbonyl (C=O) groups excluding carboxylic acids is 3. The lowest BCUT2D eigenvalue weighted by molar-refractivity contribution is -0.141. The summed E-state index contributed by atoms with van der Waals surface area (Å²) in [4.78, 5) is 42.2. The largest absolute Gasteiger partial charge is 0.496 e. The molecule has 0 unspecified atom stereocenters. The zero-order valence-electron chi connectivity index (χ0n) is 22.3. The Labute approximate surface area is 250 Å². The fraction of sp³-hybridized carbons (Fsp3) is 0.300. The monoisotopic (exact) mass is 672 g/mol. The number of halogens is 2. The lowest BCUT2D eigenvalue weighted by Crippen LogP contribution is -2.36. The Bertz CT molecular complexity index is 1350. The fourth-order valence-corrected chi connectivity index (χ4v) is 5.78. The van der Waals surface area contributed by atoms with E-state index in [1.165, 1.54) is 12.0 Å². The van der Waals surface area contributed by atoms with Gasteiger partial charge >= 0.3 is 5.97 Å². The first kappa shape index (κ1) is 29.6. The van der Waals surface area contributed by atoms with Gasteiger partial charge in [-0.05, 0) is 101 Å². The van der Waals surface area contributed by atoms with Crippen molar-refractivity contribution in [1.29, 1.82) is 0 Å². The number of rotatable bonds is 9. The highest BCUT2D eigenvalue weighted by atomic mass is 79.9. The molecule has 0 bridgehead atoms. The standard InChI is InChI=1S/C30H30Br2N2O6/c1-3-39-27(35)19-34(29(36)20-10-6-4-7-11-20)21-16-24(31)28(25(32)17-21)40-22-12-13-26(38-2)23(18-22)30(37)33-14-8-5-9-15-33/h4,6-7,10-13,16-18H,3,5,8-9,14-15,19H2,1-2H3. The third kappa shape index (κ3) is 7.03. The molecule has 0 saturated carbocycles. The average molecular weight is 674 g/mol. The van der Waals surface area contributed by atoms with Crippen LogP contribution in [-0.2, 0) is 9.53 Å². The minimum atomic E-state index is -0.525.